The Bertz CT molecular complexity index is 297. The molecule has 0 aliphatic heterocycles. The summed E-state index contributed by atoms with van der Waals surface area (Å²) in [5, 5.41) is 3.35. The van der Waals surface area contributed by atoms with Gasteiger partial charge in [-0.15, -0.1) is 0 Å². The fourth-order valence-electron chi connectivity index (χ4n) is 1.81. The molecule has 1 rings (SSSR count). The SMILES string of the molecule is CCNCCCN(C)Cc1ccccc1C. The van der Waals surface area contributed by atoms with E-state index in [4.69, 9.17) is 0 Å². The molecule has 90 valence electrons. The molecule has 16 heavy (non-hydrogen) atoms. The average Bonchev–Trinajstić information content (AvgIpc) is 2.28. The summed E-state index contributed by atoms with van der Waals surface area (Å²) in [4.78, 5) is 2.39. The van der Waals surface area contributed by atoms with Crippen LogP contribution in [0.4, 0.5) is 0 Å². The summed E-state index contributed by atoms with van der Waals surface area (Å²) in [6, 6.07) is 8.62. The third-order valence-corrected chi connectivity index (χ3v) is 2.84. The molecule has 0 heterocycles. The molecule has 1 aromatic carbocycles. The molecule has 2 heteroatoms. The first-order valence-corrected chi connectivity index (χ1v) is 6.17. The van der Waals surface area contributed by atoms with Crippen LogP contribution in [-0.4, -0.2) is 31.6 Å². The van der Waals surface area contributed by atoms with E-state index >= 15 is 0 Å². The molecule has 0 bridgehead atoms. The van der Waals surface area contributed by atoms with Crippen molar-refractivity contribution in [3.05, 3.63) is 35.4 Å². The van der Waals surface area contributed by atoms with Crippen molar-refractivity contribution in [3.8, 4) is 0 Å². The fourth-order valence-corrected chi connectivity index (χ4v) is 1.81. The number of nitrogens with zero attached hydrogens (tertiary/aromatic N) is 1. The Hall–Kier alpha value is -0.860. The van der Waals surface area contributed by atoms with Crippen molar-refractivity contribution >= 4 is 0 Å². The van der Waals surface area contributed by atoms with Gasteiger partial charge in [-0.3, -0.25) is 0 Å². The first-order valence-electron chi connectivity index (χ1n) is 6.17. The van der Waals surface area contributed by atoms with Crippen molar-refractivity contribution in [3.63, 3.8) is 0 Å². The van der Waals surface area contributed by atoms with Crippen LogP contribution in [-0.2, 0) is 6.54 Å². The molecule has 0 saturated carbocycles. The molecular weight excluding hydrogens is 196 g/mol. The minimum atomic E-state index is 1.05. The minimum absolute atomic E-state index is 1.05. The van der Waals surface area contributed by atoms with Gasteiger partial charge in [0.2, 0.25) is 0 Å². The maximum absolute atomic E-state index is 3.35. The Morgan fingerprint density at radius 1 is 1.25 bits per heavy atom. The maximum Gasteiger partial charge on any atom is 0.0233 e. The van der Waals surface area contributed by atoms with Crippen molar-refractivity contribution in [2.75, 3.05) is 26.7 Å². The van der Waals surface area contributed by atoms with Gasteiger partial charge in [0.25, 0.3) is 0 Å². The van der Waals surface area contributed by atoms with Crippen molar-refractivity contribution in [1.29, 1.82) is 0 Å². The molecule has 1 aromatic rings. The smallest absolute Gasteiger partial charge is 0.0233 e. The summed E-state index contributed by atoms with van der Waals surface area (Å²) >= 11 is 0. The second kappa shape index (κ2) is 7.42. The number of benzene rings is 1. The van der Waals surface area contributed by atoms with Crippen LogP contribution in [0.2, 0.25) is 0 Å². The van der Waals surface area contributed by atoms with Gasteiger partial charge < -0.3 is 10.2 Å². The van der Waals surface area contributed by atoms with E-state index in [0.29, 0.717) is 0 Å². The minimum Gasteiger partial charge on any atom is -0.317 e. The first kappa shape index (κ1) is 13.2. The Balaban J connectivity index is 2.28. The van der Waals surface area contributed by atoms with Crippen molar-refractivity contribution in [1.82, 2.24) is 10.2 Å². The Morgan fingerprint density at radius 3 is 2.69 bits per heavy atom. The molecular formula is C14H24N2. The van der Waals surface area contributed by atoms with E-state index in [1.54, 1.807) is 0 Å². The van der Waals surface area contributed by atoms with Gasteiger partial charge in [-0.25, -0.2) is 0 Å². The Kier molecular flexibility index (Phi) is 6.12. The highest BCUT2D eigenvalue weighted by Gasteiger charge is 2.01. The van der Waals surface area contributed by atoms with Gasteiger partial charge >= 0.3 is 0 Å². The number of aryl methyl sites for hydroxylation is 1. The van der Waals surface area contributed by atoms with E-state index in [1.165, 1.54) is 17.5 Å². The van der Waals surface area contributed by atoms with Gasteiger partial charge in [-0.1, -0.05) is 31.2 Å². The molecule has 0 aliphatic rings. The normalized spacial score (nSPS) is 11.0. The lowest BCUT2D eigenvalue weighted by Gasteiger charge is -2.17. The molecule has 0 amide bonds. The van der Waals surface area contributed by atoms with Gasteiger partial charge in [0.05, 0.1) is 0 Å². The highest BCUT2D eigenvalue weighted by molar-refractivity contribution is 5.25. The number of hydrogen-bond acceptors (Lipinski definition) is 2. The van der Waals surface area contributed by atoms with Crippen molar-refractivity contribution in [2.24, 2.45) is 0 Å². The lowest BCUT2D eigenvalue weighted by Crippen LogP contribution is -2.24. The second-order valence-electron chi connectivity index (χ2n) is 4.37. The van der Waals surface area contributed by atoms with E-state index in [0.717, 1.165) is 26.2 Å². The summed E-state index contributed by atoms with van der Waals surface area (Å²) in [6.07, 6.45) is 1.22. The first-order chi connectivity index (χ1) is 7.74. The maximum atomic E-state index is 3.35. The second-order valence-corrected chi connectivity index (χ2v) is 4.37. The van der Waals surface area contributed by atoms with Gasteiger partial charge in [-0.05, 0) is 51.2 Å². The van der Waals surface area contributed by atoms with Crippen LogP contribution < -0.4 is 5.32 Å². The molecule has 1 N–H and O–H groups in total. The highest BCUT2D eigenvalue weighted by Crippen LogP contribution is 2.09. The lowest BCUT2D eigenvalue weighted by atomic mass is 10.1. The molecule has 0 radical (unpaired) electrons. The zero-order chi connectivity index (χ0) is 11.8. The summed E-state index contributed by atoms with van der Waals surface area (Å²) in [6.45, 7) is 8.73. The van der Waals surface area contributed by atoms with Crippen molar-refractivity contribution in [2.45, 2.75) is 26.8 Å². The number of rotatable bonds is 7. The molecule has 0 spiro atoms. The molecule has 2 nitrogen and oxygen atoms in total. The molecule has 0 saturated heterocycles. The van der Waals surface area contributed by atoms with Crippen LogP contribution in [0.15, 0.2) is 24.3 Å². The van der Waals surface area contributed by atoms with Crippen LogP contribution in [0, 0.1) is 6.92 Å². The predicted molar refractivity (Wildman–Crippen MR) is 70.7 cm³/mol. The van der Waals surface area contributed by atoms with Crippen molar-refractivity contribution < 1.29 is 0 Å². The molecule has 0 aromatic heterocycles. The van der Waals surface area contributed by atoms with E-state index in [9.17, 15) is 0 Å². The summed E-state index contributed by atoms with van der Waals surface area (Å²) < 4.78 is 0. The predicted octanol–water partition coefficient (Wildman–Crippen LogP) is 2.43. The summed E-state index contributed by atoms with van der Waals surface area (Å²) in [7, 11) is 2.19. The highest BCUT2D eigenvalue weighted by atomic mass is 15.1. The summed E-state index contributed by atoms with van der Waals surface area (Å²) in [5.74, 6) is 0. The standard InChI is InChI=1S/C14H24N2/c1-4-15-10-7-11-16(3)12-14-9-6-5-8-13(14)2/h5-6,8-9,15H,4,7,10-12H2,1-3H3. The zero-order valence-corrected chi connectivity index (χ0v) is 10.8. The van der Waals surface area contributed by atoms with Crippen LogP contribution >= 0.6 is 0 Å². The van der Waals surface area contributed by atoms with E-state index in [1.807, 2.05) is 0 Å². The fraction of sp³-hybridized carbons (Fsp3) is 0.571. The van der Waals surface area contributed by atoms with Gasteiger partial charge in [0, 0.05) is 6.54 Å². The van der Waals surface area contributed by atoms with Crippen LogP contribution in [0.3, 0.4) is 0 Å². The molecule has 0 atom stereocenters. The van der Waals surface area contributed by atoms with E-state index < -0.39 is 0 Å². The Morgan fingerprint density at radius 2 is 2.00 bits per heavy atom. The van der Waals surface area contributed by atoms with Crippen LogP contribution in [0.1, 0.15) is 24.5 Å². The van der Waals surface area contributed by atoms with Crippen LogP contribution in [0.5, 0.6) is 0 Å². The Labute approximate surface area is 99.7 Å². The van der Waals surface area contributed by atoms with Gasteiger partial charge in [0.1, 0.15) is 0 Å². The van der Waals surface area contributed by atoms with Gasteiger partial charge in [-0.2, -0.15) is 0 Å². The molecule has 0 fully saturated rings. The van der Waals surface area contributed by atoms with Gasteiger partial charge in [0.15, 0.2) is 0 Å². The van der Waals surface area contributed by atoms with Crippen LogP contribution in [0.25, 0.3) is 0 Å². The third kappa shape index (κ3) is 4.77. The lowest BCUT2D eigenvalue weighted by molar-refractivity contribution is 0.319. The largest absolute Gasteiger partial charge is 0.317 e. The van der Waals surface area contributed by atoms with E-state index in [2.05, 4.69) is 55.4 Å². The quantitative estimate of drug-likeness (QED) is 0.710. The topological polar surface area (TPSA) is 15.3 Å². The third-order valence-electron chi connectivity index (χ3n) is 2.84. The summed E-state index contributed by atoms with van der Waals surface area (Å²) in [5.41, 5.74) is 2.83. The number of nitrogens with one attached hydrogen (secondary N) is 1. The zero-order valence-electron chi connectivity index (χ0n) is 10.8. The van der Waals surface area contributed by atoms with E-state index in [-0.39, 0.29) is 0 Å². The number of hydrogen-bond donors (Lipinski definition) is 1. The average molecular weight is 220 g/mol. The molecule has 0 unspecified atom stereocenters. The monoisotopic (exact) mass is 220 g/mol. The molecule has 0 aliphatic carbocycles.